The van der Waals surface area contributed by atoms with Gasteiger partial charge in [0.15, 0.2) is 0 Å². The van der Waals surface area contributed by atoms with E-state index in [1.807, 2.05) is 0 Å². The summed E-state index contributed by atoms with van der Waals surface area (Å²) in [6.07, 6.45) is -0.680. The number of amides is 2. The summed E-state index contributed by atoms with van der Waals surface area (Å²) in [6.45, 7) is 0.359. The lowest BCUT2D eigenvalue weighted by Crippen LogP contribution is -2.38. The number of nitrogens with zero attached hydrogens (tertiary/aromatic N) is 2. The molecule has 0 saturated carbocycles. The maximum absolute atomic E-state index is 12.2. The lowest BCUT2D eigenvalue weighted by molar-refractivity contribution is -0.384. The standard InChI is InChI=1S/C12H11N3O5/c16-10-12(3-4-14(6-12)11(17)18)8-2-1-7(15(19)20)5-9(8)13-10/h1-2,5H,3-4,6H2,(H,13,16)(H,17,18). The van der Waals surface area contributed by atoms with Crippen molar-refractivity contribution < 1.29 is 19.6 Å². The lowest BCUT2D eigenvalue weighted by atomic mass is 9.81. The van der Waals surface area contributed by atoms with Gasteiger partial charge in [-0.25, -0.2) is 4.79 Å². The maximum atomic E-state index is 12.2. The minimum atomic E-state index is -1.06. The summed E-state index contributed by atoms with van der Waals surface area (Å²) in [6, 6.07) is 4.19. The molecule has 0 bridgehead atoms. The summed E-state index contributed by atoms with van der Waals surface area (Å²) in [4.78, 5) is 34.6. The second-order valence-corrected chi connectivity index (χ2v) is 4.98. The normalized spacial score (nSPS) is 23.8. The van der Waals surface area contributed by atoms with Crippen LogP contribution in [0.5, 0.6) is 0 Å². The van der Waals surface area contributed by atoms with Gasteiger partial charge in [0.05, 0.1) is 16.0 Å². The Morgan fingerprint density at radius 3 is 2.85 bits per heavy atom. The Morgan fingerprint density at radius 2 is 2.25 bits per heavy atom. The minimum Gasteiger partial charge on any atom is -0.465 e. The molecule has 0 aliphatic carbocycles. The van der Waals surface area contributed by atoms with Crippen LogP contribution < -0.4 is 5.32 Å². The number of anilines is 1. The van der Waals surface area contributed by atoms with Crippen LogP contribution in [0.2, 0.25) is 0 Å². The van der Waals surface area contributed by atoms with Gasteiger partial charge in [0.1, 0.15) is 0 Å². The molecule has 104 valence electrons. The summed E-state index contributed by atoms with van der Waals surface area (Å²) in [5.41, 5.74) is 0.0190. The number of likely N-dealkylation sites (tertiary alicyclic amines) is 1. The third kappa shape index (κ3) is 1.54. The smallest absolute Gasteiger partial charge is 0.407 e. The van der Waals surface area contributed by atoms with E-state index in [2.05, 4.69) is 5.32 Å². The molecule has 2 aliphatic rings. The van der Waals surface area contributed by atoms with E-state index in [0.29, 0.717) is 17.7 Å². The van der Waals surface area contributed by atoms with Crippen molar-refractivity contribution in [1.29, 1.82) is 0 Å². The van der Waals surface area contributed by atoms with E-state index in [4.69, 9.17) is 5.11 Å². The Balaban J connectivity index is 2.03. The largest absolute Gasteiger partial charge is 0.465 e. The van der Waals surface area contributed by atoms with Crippen LogP contribution in [0.4, 0.5) is 16.2 Å². The van der Waals surface area contributed by atoms with E-state index in [9.17, 15) is 19.7 Å². The van der Waals surface area contributed by atoms with Crippen molar-refractivity contribution in [2.45, 2.75) is 11.8 Å². The number of carbonyl (C=O) groups excluding carboxylic acids is 1. The zero-order chi connectivity index (χ0) is 14.5. The minimum absolute atomic E-state index is 0.0823. The summed E-state index contributed by atoms with van der Waals surface area (Å²) < 4.78 is 0. The second kappa shape index (κ2) is 3.92. The predicted molar refractivity (Wildman–Crippen MR) is 67.6 cm³/mol. The van der Waals surface area contributed by atoms with Crippen LogP contribution >= 0.6 is 0 Å². The second-order valence-electron chi connectivity index (χ2n) is 4.98. The molecular weight excluding hydrogens is 266 g/mol. The molecule has 1 spiro atoms. The van der Waals surface area contributed by atoms with Crippen molar-refractivity contribution in [3.05, 3.63) is 33.9 Å². The highest BCUT2D eigenvalue weighted by molar-refractivity contribution is 6.07. The number of nitro benzene ring substituents is 1. The zero-order valence-electron chi connectivity index (χ0n) is 10.3. The van der Waals surface area contributed by atoms with Crippen molar-refractivity contribution in [2.24, 2.45) is 0 Å². The van der Waals surface area contributed by atoms with Crippen LogP contribution in [0, 0.1) is 10.1 Å². The summed E-state index contributed by atoms with van der Waals surface area (Å²) >= 11 is 0. The summed E-state index contributed by atoms with van der Waals surface area (Å²) in [5, 5.41) is 22.4. The number of rotatable bonds is 1. The lowest BCUT2D eigenvalue weighted by Gasteiger charge is -2.21. The number of carboxylic acid groups (broad SMARTS) is 1. The highest BCUT2D eigenvalue weighted by Crippen LogP contribution is 2.45. The Labute approximate surface area is 113 Å². The summed E-state index contributed by atoms with van der Waals surface area (Å²) in [5.74, 6) is -0.295. The first-order chi connectivity index (χ1) is 9.44. The van der Waals surface area contributed by atoms with Crippen molar-refractivity contribution >= 4 is 23.4 Å². The molecule has 2 N–H and O–H groups in total. The fraction of sp³-hybridized carbons (Fsp3) is 0.333. The Morgan fingerprint density at radius 1 is 1.50 bits per heavy atom. The van der Waals surface area contributed by atoms with Gasteiger partial charge >= 0.3 is 6.09 Å². The van der Waals surface area contributed by atoms with Gasteiger partial charge < -0.3 is 15.3 Å². The first-order valence-electron chi connectivity index (χ1n) is 6.02. The number of fused-ring (bicyclic) bond motifs is 2. The quantitative estimate of drug-likeness (QED) is 0.591. The molecule has 1 aromatic rings. The topological polar surface area (TPSA) is 113 Å². The number of nitrogens with one attached hydrogen (secondary N) is 1. The van der Waals surface area contributed by atoms with Gasteiger partial charge in [-0.05, 0) is 18.1 Å². The van der Waals surface area contributed by atoms with E-state index in [1.165, 1.54) is 23.1 Å². The van der Waals surface area contributed by atoms with Gasteiger partial charge in [0, 0.05) is 25.2 Å². The molecule has 3 rings (SSSR count). The zero-order valence-corrected chi connectivity index (χ0v) is 10.3. The Kier molecular flexibility index (Phi) is 2.43. The Hall–Kier alpha value is -2.64. The monoisotopic (exact) mass is 277 g/mol. The molecule has 20 heavy (non-hydrogen) atoms. The molecule has 1 aromatic carbocycles. The van der Waals surface area contributed by atoms with Gasteiger partial charge in [-0.3, -0.25) is 14.9 Å². The van der Waals surface area contributed by atoms with Crippen LogP contribution in [-0.2, 0) is 10.2 Å². The van der Waals surface area contributed by atoms with Crippen LogP contribution in [0.15, 0.2) is 18.2 Å². The van der Waals surface area contributed by atoms with E-state index in [1.54, 1.807) is 0 Å². The third-order valence-electron chi connectivity index (χ3n) is 3.95. The van der Waals surface area contributed by atoms with Gasteiger partial charge in [-0.15, -0.1) is 0 Å². The highest BCUT2D eigenvalue weighted by Gasteiger charge is 2.52. The number of nitro groups is 1. The van der Waals surface area contributed by atoms with Gasteiger partial charge in [0.2, 0.25) is 5.91 Å². The molecular formula is C12H11N3O5. The number of hydrogen-bond acceptors (Lipinski definition) is 4. The molecule has 2 heterocycles. The average Bonchev–Trinajstić information content (AvgIpc) is 2.94. The predicted octanol–water partition coefficient (Wildman–Crippen LogP) is 1.17. The van der Waals surface area contributed by atoms with E-state index in [-0.39, 0.29) is 24.7 Å². The first-order valence-corrected chi connectivity index (χ1v) is 6.02. The van der Waals surface area contributed by atoms with Crippen molar-refractivity contribution in [2.75, 3.05) is 18.4 Å². The van der Waals surface area contributed by atoms with Crippen LogP contribution in [-0.4, -0.2) is 40.0 Å². The van der Waals surface area contributed by atoms with Crippen LogP contribution in [0.3, 0.4) is 0 Å². The highest BCUT2D eigenvalue weighted by atomic mass is 16.6. The molecule has 8 nitrogen and oxygen atoms in total. The molecule has 1 atom stereocenters. The van der Waals surface area contributed by atoms with E-state index in [0.717, 1.165) is 0 Å². The van der Waals surface area contributed by atoms with Crippen LogP contribution in [0.1, 0.15) is 12.0 Å². The molecule has 0 radical (unpaired) electrons. The number of carbonyl (C=O) groups is 2. The van der Waals surface area contributed by atoms with E-state index < -0.39 is 16.4 Å². The molecule has 1 saturated heterocycles. The van der Waals surface area contributed by atoms with Gasteiger partial charge in [-0.1, -0.05) is 0 Å². The first kappa shape index (κ1) is 12.4. The molecule has 2 amide bonds. The van der Waals surface area contributed by atoms with Gasteiger partial charge in [-0.2, -0.15) is 0 Å². The average molecular weight is 277 g/mol. The maximum Gasteiger partial charge on any atom is 0.407 e. The van der Waals surface area contributed by atoms with Crippen molar-refractivity contribution in [1.82, 2.24) is 4.90 Å². The number of benzene rings is 1. The molecule has 0 aromatic heterocycles. The number of non-ortho nitro benzene ring substituents is 1. The Bertz CT molecular complexity index is 644. The van der Waals surface area contributed by atoms with E-state index >= 15 is 0 Å². The third-order valence-corrected chi connectivity index (χ3v) is 3.95. The van der Waals surface area contributed by atoms with Crippen LogP contribution in [0.25, 0.3) is 0 Å². The molecule has 1 unspecified atom stereocenters. The SMILES string of the molecule is O=C(O)N1CCC2(C1)C(=O)Nc1cc([N+](=O)[O-])ccc12. The fourth-order valence-electron chi connectivity index (χ4n) is 2.91. The fourth-order valence-corrected chi connectivity index (χ4v) is 2.91. The van der Waals surface area contributed by atoms with Crippen molar-refractivity contribution in [3.63, 3.8) is 0 Å². The molecule has 1 fully saturated rings. The molecule has 8 heteroatoms. The number of hydrogen-bond donors (Lipinski definition) is 2. The molecule has 2 aliphatic heterocycles. The summed E-state index contributed by atoms with van der Waals surface area (Å²) in [7, 11) is 0. The van der Waals surface area contributed by atoms with Gasteiger partial charge in [0.25, 0.3) is 5.69 Å². The van der Waals surface area contributed by atoms with Crippen molar-refractivity contribution in [3.8, 4) is 0 Å².